The van der Waals surface area contributed by atoms with Crippen LogP contribution in [-0.4, -0.2) is 43.0 Å². The van der Waals surface area contributed by atoms with Gasteiger partial charge in [-0.2, -0.15) is 0 Å². The van der Waals surface area contributed by atoms with Crippen LogP contribution in [0.25, 0.3) is 0 Å². The Balaban J connectivity index is 1.49. The van der Waals surface area contributed by atoms with Crippen molar-refractivity contribution in [2.45, 2.75) is 19.5 Å². The predicted molar refractivity (Wildman–Crippen MR) is 93.7 cm³/mol. The summed E-state index contributed by atoms with van der Waals surface area (Å²) in [6.07, 6.45) is 2.83. The number of carbonyl (C=O) groups is 1. The molecule has 23 heavy (non-hydrogen) atoms. The van der Waals surface area contributed by atoms with E-state index in [9.17, 15) is 4.79 Å². The molecule has 3 heterocycles. The summed E-state index contributed by atoms with van der Waals surface area (Å²) in [5.74, 6) is 0.977. The van der Waals surface area contributed by atoms with Crippen LogP contribution >= 0.6 is 11.3 Å². The molecular weight excluding hydrogens is 308 g/mol. The fourth-order valence-corrected chi connectivity index (χ4v) is 3.61. The average Bonchev–Trinajstić information content (AvgIpc) is 3.01. The van der Waals surface area contributed by atoms with Crippen LogP contribution in [0.4, 0.5) is 5.82 Å². The maximum absolute atomic E-state index is 12.2. The van der Waals surface area contributed by atoms with Crippen molar-refractivity contribution in [1.29, 1.82) is 0 Å². The smallest absolute Gasteiger partial charge is 0.234 e. The van der Waals surface area contributed by atoms with Gasteiger partial charge in [0.15, 0.2) is 0 Å². The largest absolute Gasteiger partial charge is 0.363 e. The molecular formula is C17H22N4OS. The molecule has 3 rings (SSSR count). The van der Waals surface area contributed by atoms with Gasteiger partial charge in [-0.05, 0) is 41.1 Å². The zero-order valence-corrected chi connectivity index (χ0v) is 14.4. The number of rotatable bonds is 5. The van der Waals surface area contributed by atoms with Crippen molar-refractivity contribution >= 4 is 23.1 Å². The first-order valence-electron chi connectivity index (χ1n) is 7.78. The van der Waals surface area contributed by atoms with Gasteiger partial charge in [0, 0.05) is 44.8 Å². The molecule has 0 aliphatic carbocycles. The number of nitrogens with one attached hydrogen (secondary N) is 1. The van der Waals surface area contributed by atoms with Gasteiger partial charge in [0.2, 0.25) is 5.91 Å². The van der Waals surface area contributed by atoms with Crippen LogP contribution in [0.2, 0.25) is 0 Å². The second-order valence-electron chi connectivity index (χ2n) is 6.02. The van der Waals surface area contributed by atoms with E-state index in [0.717, 1.165) is 30.9 Å². The number of hydrogen-bond donors (Lipinski definition) is 1. The number of nitrogens with zero attached hydrogens (tertiary/aromatic N) is 3. The lowest BCUT2D eigenvalue weighted by atomic mass is 10.1. The van der Waals surface area contributed by atoms with E-state index in [4.69, 9.17) is 0 Å². The molecule has 1 N–H and O–H groups in total. The molecule has 0 atom stereocenters. The standard InChI is InChI=1S/C17H22N4OS/c1-20(2)16-9-13(3-6-18-16)10-19-17(22)12-21-7-4-15-14(11-21)5-8-23-15/h3,5-6,8-9H,4,7,10-12H2,1-2H3,(H,19,22). The quantitative estimate of drug-likeness (QED) is 0.909. The molecule has 0 unspecified atom stereocenters. The van der Waals surface area contributed by atoms with Crippen molar-refractivity contribution < 1.29 is 4.79 Å². The molecule has 0 fully saturated rings. The van der Waals surface area contributed by atoms with Crippen LogP contribution in [0.1, 0.15) is 16.0 Å². The molecule has 1 amide bonds. The first-order valence-corrected chi connectivity index (χ1v) is 8.66. The monoisotopic (exact) mass is 330 g/mol. The Morgan fingerprint density at radius 1 is 1.43 bits per heavy atom. The summed E-state index contributed by atoms with van der Waals surface area (Å²) >= 11 is 1.82. The van der Waals surface area contributed by atoms with Crippen molar-refractivity contribution in [3.05, 3.63) is 45.8 Å². The van der Waals surface area contributed by atoms with E-state index in [2.05, 4.69) is 26.6 Å². The van der Waals surface area contributed by atoms with Crippen molar-refractivity contribution in [2.75, 3.05) is 32.1 Å². The molecule has 2 aromatic rings. The van der Waals surface area contributed by atoms with Crippen molar-refractivity contribution in [3.63, 3.8) is 0 Å². The van der Waals surface area contributed by atoms with E-state index in [-0.39, 0.29) is 5.91 Å². The topological polar surface area (TPSA) is 48.5 Å². The molecule has 0 saturated heterocycles. The van der Waals surface area contributed by atoms with Crippen LogP contribution < -0.4 is 10.2 Å². The Bertz CT molecular complexity index is 683. The molecule has 0 radical (unpaired) electrons. The molecule has 1 aliphatic heterocycles. The van der Waals surface area contributed by atoms with E-state index in [1.807, 2.05) is 42.5 Å². The molecule has 2 aromatic heterocycles. The summed E-state index contributed by atoms with van der Waals surface area (Å²) in [6.45, 7) is 2.84. The number of amides is 1. The van der Waals surface area contributed by atoms with Gasteiger partial charge in [-0.3, -0.25) is 9.69 Å². The second kappa shape index (κ2) is 7.10. The molecule has 0 bridgehead atoms. The highest BCUT2D eigenvalue weighted by atomic mass is 32.1. The van der Waals surface area contributed by atoms with Crippen LogP contribution in [0, 0.1) is 0 Å². The minimum absolute atomic E-state index is 0.0758. The van der Waals surface area contributed by atoms with Crippen LogP contribution in [-0.2, 0) is 24.3 Å². The van der Waals surface area contributed by atoms with Gasteiger partial charge in [0.25, 0.3) is 0 Å². The van der Waals surface area contributed by atoms with E-state index in [1.165, 1.54) is 10.4 Å². The third-order valence-corrected chi connectivity index (χ3v) is 5.03. The van der Waals surface area contributed by atoms with E-state index in [1.54, 1.807) is 6.20 Å². The van der Waals surface area contributed by atoms with Gasteiger partial charge in [-0.1, -0.05) is 0 Å². The van der Waals surface area contributed by atoms with E-state index < -0.39 is 0 Å². The first-order chi connectivity index (χ1) is 11.1. The Kier molecular flexibility index (Phi) is 4.93. The van der Waals surface area contributed by atoms with Gasteiger partial charge in [-0.25, -0.2) is 4.98 Å². The van der Waals surface area contributed by atoms with Crippen molar-refractivity contribution in [2.24, 2.45) is 0 Å². The first kappa shape index (κ1) is 16.0. The minimum atomic E-state index is 0.0758. The predicted octanol–water partition coefficient (Wildman–Crippen LogP) is 1.88. The molecule has 6 heteroatoms. The number of carbonyl (C=O) groups excluding carboxylic acids is 1. The van der Waals surface area contributed by atoms with Gasteiger partial charge in [0.05, 0.1) is 6.54 Å². The summed E-state index contributed by atoms with van der Waals surface area (Å²) in [5, 5.41) is 5.14. The number of thiophene rings is 1. The normalized spacial score (nSPS) is 14.3. The second-order valence-corrected chi connectivity index (χ2v) is 7.02. The lowest BCUT2D eigenvalue weighted by molar-refractivity contribution is -0.122. The third kappa shape index (κ3) is 4.09. The highest BCUT2D eigenvalue weighted by molar-refractivity contribution is 7.10. The summed E-state index contributed by atoms with van der Waals surface area (Å²) < 4.78 is 0. The Hall–Kier alpha value is -1.92. The number of hydrogen-bond acceptors (Lipinski definition) is 5. The molecule has 0 saturated carbocycles. The molecule has 5 nitrogen and oxygen atoms in total. The highest BCUT2D eigenvalue weighted by Crippen LogP contribution is 2.23. The summed E-state index contributed by atoms with van der Waals surface area (Å²) in [5.41, 5.74) is 2.44. The van der Waals surface area contributed by atoms with E-state index in [0.29, 0.717) is 13.1 Å². The van der Waals surface area contributed by atoms with Crippen LogP contribution in [0.5, 0.6) is 0 Å². The van der Waals surface area contributed by atoms with Crippen molar-refractivity contribution in [3.8, 4) is 0 Å². The fraction of sp³-hybridized carbons (Fsp3) is 0.412. The van der Waals surface area contributed by atoms with Gasteiger partial charge in [0.1, 0.15) is 5.82 Å². The number of fused-ring (bicyclic) bond motifs is 1. The van der Waals surface area contributed by atoms with Crippen LogP contribution in [0.3, 0.4) is 0 Å². The molecule has 122 valence electrons. The maximum atomic E-state index is 12.2. The zero-order chi connectivity index (χ0) is 16.2. The third-order valence-electron chi connectivity index (χ3n) is 4.01. The van der Waals surface area contributed by atoms with Gasteiger partial charge in [-0.15, -0.1) is 11.3 Å². The minimum Gasteiger partial charge on any atom is -0.363 e. The molecule has 1 aliphatic rings. The summed E-state index contributed by atoms with van der Waals surface area (Å²) in [7, 11) is 3.92. The lowest BCUT2D eigenvalue weighted by Crippen LogP contribution is -2.39. The SMILES string of the molecule is CN(C)c1cc(CNC(=O)CN2CCc3sccc3C2)ccn1. The Morgan fingerprint density at radius 3 is 3.13 bits per heavy atom. The maximum Gasteiger partial charge on any atom is 0.234 e. The Morgan fingerprint density at radius 2 is 2.30 bits per heavy atom. The van der Waals surface area contributed by atoms with Gasteiger partial charge >= 0.3 is 0 Å². The van der Waals surface area contributed by atoms with Crippen LogP contribution in [0.15, 0.2) is 29.8 Å². The fourth-order valence-electron chi connectivity index (χ4n) is 2.72. The van der Waals surface area contributed by atoms with Crippen molar-refractivity contribution in [1.82, 2.24) is 15.2 Å². The molecule has 0 spiro atoms. The zero-order valence-electron chi connectivity index (χ0n) is 13.6. The summed E-state index contributed by atoms with van der Waals surface area (Å²) in [4.78, 5) is 22.1. The number of anilines is 1. The number of pyridine rings is 1. The average molecular weight is 330 g/mol. The molecule has 0 aromatic carbocycles. The lowest BCUT2D eigenvalue weighted by Gasteiger charge is -2.26. The van der Waals surface area contributed by atoms with E-state index >= 15 is 0 Å². The number of aromatic nitrogens is 1. The van der Waals surface area contributed by atoms with Gasteiger partial charge < -0.3 is 10.2 Å². The Labute approximate surface area is 140 Å². The highest BCUT2D eigenvalue weighted by Gasteiger charge is 2.19. The summed E-state index contributed by atoms with van der Waals surface area (Å²) in [6, 6.07) is 6.11.